The van der Waals surface area contributed by atoms with Crippen molar-refractivity contribution in [1.29, 1.82) is 0 Å². The summed E-state index contributed by atoms with van der Waals surface area (Å²) in [6.07, 6.45) is 5.93. The molecule has 4 nitrogen and oxygen atoms in total. The van der Waals surface area contributed by atoms with Crippen molar-refractivity contribution in [3.8, 4) is 0 Å². The normalized spacial score (nSPS) is 18.2. The van der Waals surface area contributed by atoms with E-state index in [1.165, 1.54) is 19.3 Å². The van der Waals surface area contributed by atoms with Gasteiger partial charge in [0.15, 0.2) is 0 Å². The van der Waals surface area contributed by atoms with Crippen LogP contribution in [0.1, 0.15) is 49.7 Å². The molecule has 1 aromatic rings. The standard InChI is InChI=1S/C14H21NO3S/c1-3-18-12(16)9-11-10-19-13(15-11)14(17-2)7-5-4-6-8-14/h10H,3-9H2,1-2H3. The number of thiazole rings is 1. The largest absolute Gasteiger partial charge is 0.466 e. The molecule has 1 saturated carbocycles. The summed E-state index contributed by atoms with van der Waals surface area (Å²) in [5.74, 6) is -0.213. The summed E-state index contributed by atoms with van der Waals surface area (Å²) < 4.78 is 10.7. The Balaban J connectivity index is 2.08. The lowest BCUT2D eigenvalue weighted by Crippen LogP contribution is -2.31. The summed E-state index contributed by atoms with van der Waals surface area (Å²) >= 11 is 1.60. The van der Waals surface area contributed by atoms with Gasteiger partial charge in [0.2, 0.25) is 0 Å². The van der Waals surface area contributed by atoms with Crippen LogP contribution in [0.2, 0.25) is 0 Å². The molecule has 5 heteroatoms. The van der Waals surface area contributed by atoms with Crippen molar-refractivity contribution in [2.75, 3.05) is 13.7 Å². The van der Waals surface area contributed by atoms with Gasteiger partial charge >= 0.3 is 5.97 Å². The fourth-order valence-electron chi connectivity index (χ4n) is 2.59. The van der Waals surface area contributed by atoms with Crippen LogP contribution in [0, 0.1) is 0 Å². The Hall–Kier alpha value is -0.940. The second-order valence-corrected chi connectivity index (χ2v) is 5.74. The Bertz CT molecular complexity index is 424. The van der Waals surface area contributed by atoms with E-state index in [2.05, 4.69) is 4.98 Å². The summed E-state index contributed by atoms with van der Waals surface area (Å²) in [7, 11) is 1.76. The lowest BCUT2D eigenvalue weighted by molar-refractivity contribution is -0.142. The monoisotopic (exact) mass is 283 g/mol. The predicted molar refractivity (Wildman–Crippen MR) is 74.2 cm³/mol. The van der Waals surface area contributed by atoms with E-state index in [1.54, 1.807) is 18.4 Å². The van der Waals surface area contributed by atoms with Crippen LogP contribution in [-0.4, -0.2) is 24.7 Å². The highest BCUT2D eigenvalue weighted by Gasteiger charge is 2.36. The van der Waals surface area contributed by atoms with E-state index in [1.807, 2.05) is 12.3 Å². The van der Waals surface area contributed by atoms with E-state index in [-0.39, 0.29) is 18.0 Å². The van der Waals surface area contributed by atoms with Crippen LogP contribution in [0.3, 0.4) is 0 Å². The van der Waals surface area contributed by atoms with E-state index >= 15 is 0 Å². The van der Waals surface area contributed by atoms with Crippen molar-refractivity contribution in [1.82, 2.24) is 4.98 Å². The number of esters is 1. The smallest absolute Gasteiger partial charge is 0.311 e. The van der Waals surface area contributed by atoms with Gasteiger partial charge < -0.3 is 9.47 Å². The number of hydrogen-bond acceptors (Lipinski definition) is 5. The number of methoxy groups -OCH3 is 1. The van der Waals surface area contributed by atoms with E-state index < -0.39 is 0 Å². The molecular formula is C14H21NO3S. The molecule has 106 valence electrons. The molecule has 0 amide bonds. The zero-order valence-corrected chi connectivity index (χ0v) is 12.4. The van der Waals surface area contributed by atoms with Gasteiger partial charge in [0.05, 0.1) is 18.7 Å². The predicted octanol–water partition coefficient (Wildman–Crippen LogP) is 3.05. The van der Waals surface area contributed by atoms with Crippen molar-refractivity contribution in [2.45, 2.75) is 51.0 Å². The van der Waals surface area contributed by atoms with Crippen molar-refractivity contribution in [3.05, 3.63) is 16.1 Å². The number of hydrogen-bond donors (Lipinski definition) is 0. The summed E-state index contributed by atoms with van der Waals surface area (Å²) in [5, 5.41) is 2.95. The molecule has 1 fully saturated rings. The molecule has 0 aliphatic heterocycles. The van der Waals surface area contributed by atoms with Crippen molar-refractivity contribution in [2.24, 2.45) is 0 Å². The van der Waals surface area contributed by atoms with Crippen molar-refractivity contribution in [3.63, 3.8) is 0 Å². The van der Waals surface area contributed by atoms with Crippen LogP contribution in [0.15, 0.2) is 5.38 Å². The summed E-state index contributed by atoms with van der Waals surface area (Å²) in [6.45, 7) is 2.23. The minimum absolute atomic E-state index is 0.213. The fraction of sp³-hybridized carbons (Fsp3) is 0.714. The number of carbonyl (C=O) groups excluding carboxylic acids is 1. The summed E-state index contributed by atoms with van der Waals surface area (Å²) in [5.41, 5.74) is 0.566. The lowest BCUT2D eigenvalue weighted by atomic mass is 9.85. The first kappa shape index (κ1) is 14.5. The van der Waals surface area contributed by atoms with E-state index in [9.17, 15) is 4.79 Å². The molecule has 1 aliphatic carbocycles. The third kappa shape index (κ3) is 3.34. The third-order valence-corrected chi connectivity index (χ3v) is 4.70. The first-order valence-corrected chi connectivity index (χ1v) is 7.74. The molecule has 0 atom stereocenters. The van der Waals surface area contributed by atoms with Gasteiger partial charge in [-0.1, -0.05) is 19.3 Å². The molecule has 0 radical (unpaired) electrons. The Kier molecular flexibility index (Phi) is 4.93. The molecular weight excluding hydrogens is 262 g/mol. The molecule has 0 spiro atoms. The van der Waals surface area contributed by atoms with Crippen molar-refractivity contribution >= 4 is 17.3 Å². The first-order valence-electron chi connectivity index (χ1n) is 6.86. The first-order chi connectivity index (χ1) is 9.20. The fourth-order valence-corrected chi connectivity index (χ4v) is 3.64. The number of rotatable bonds is 5. The molecule has 1 aromatic heterocycles. The van der Waals surface area contributed by atoms with Crippen LogP contribution in [0.4, 0.5) is 0 Å². The maximum absolute atomic E-state index is 11.5. The average molecular weight is 283 g/mol. The maximum atomic E-state index is 11.5. The molecule has 2 rings (SSSR count). The Morgan fingerprint density at radius 3 is 2.79 bits per heavy atom. The van der Waals surface area contributed by atoms with Crippen LogP contribution in [0.25, 0.3) is 0 Å². The number of carbonyl (C=O) groups is 1. The van der Waals surface area contributed by atoms with Crippen LogP contribution in [-0.2, 0) is 26.3 Å². The minimum Gasteiger partial charge on any atom is -0.466 e. The third-order valence-electron chi connectivity index (χ3n) is 3.62. The van der Waals surface area contributed by atoms with Crippen LogP contribution < -0.4 is 0 Å². The van der Waals surface area contributed by atoms with E-state index in [4.69, 9.17) is 9.47 Å². The molecule has 0 N–H and O–H groups in total. The van der Waals surface area contributed by atoms with Gasteiger partial charge in [-0.05, 0) is 19.8 Å². The van der Waals surface area contributed by atoms with Crippen LogP contribution in [0.5, 0.6) is 0 Å². The molecule has 1 aliphatic rings. The highest BCUT2D eigenvalue weighted by Crippen LogP contribution is 2.41. The number of nitrogens with zero attached hydrogens (tertiary/aromatic N) is 1. The van der Waals surface area contributed by atoms with Gasteiger partial charge in [-0.3, -0.25) is 4.79 Å². The minimum atomic E-state index is -0.226. The molecule has 0 saturated heterocycles. The van der Waals surface area contributed by atoms with E-state index in [0.717, 1.165) is 23.5 Å². The van der Waals surface area contributed by atoms with Crippen molar-refractivity contribution < 1.29 is 14.3 Å². The summed E-state index contributed by atoms with van der Waals surface area (Å²) in [4.78, 5) is 16.1. The van der Waals surface area contributed by atoms with Gasteiger partial charge in [-0.15, -0.1) is 11.3 Å². The van der Waals surface area contributed by atoms with Gasteiger partial charge in [-0.25, -0.2) is 4.98 Å². The second kappa shape index (κ2) is 6.48. The highest BCUT2D eigenvalue weighted by atomic mass is 32.1. The average Bonchev–Trinajstić information content (AvgIpc) is 2.89. The second-order valence-electron chi connectivity index (χ2n) is 4.88. The zero-order valence-electron chi connectivity index (χ0n) is 11.6. The Labute approximate surface area is 118 Å². The van der Waals surface area contributed by atoms with Gasteiger partial charge in [0, 0.05) is 12.5 Å². The molecule has 19 heavy (non-hydrogen) atoms. The highest BCUT2D eigenvalue weighted by molar-refractivity contribution is 7.09. The SMILES string of the molecule is CCOC(=O)Cc1csc(C2(OC)CCCCC2)n1. The van der Waals surface area contributed by atoms with Crippen LogP contribution >= 0.6 is 11.3 Å². The molecule has 0 unspecified atom stereocenters. The Morgan fingerprint density at radius 1 is 1.42 bits per heavy atom. The van der Waals surface area contributed by atoms with Gasteiger partial charge in [-0.2, -0.15) is 0 Å². The molecule has 1 heterocycles. The molecule has 0 bridgehead atoms. The van der Waals surface area contributed by atoms with Gasteiger partial charge in [0.1, 0.15) is 10.6 Å². The lowest BCUT2D eigenvalue weighted by Gasteiger charge is -2.34. The van der Waals surface area contributed by atoms with E-state index in [0.29, 0.717) is 6.61 Å². The summed E-state index contributed by atoms with van der Waals surface area (Å²) in [6, 6.07) is 0. The zero-order chi connectivity index (χ0) is 13.7. The maximum Gasteiger partial charge on any atom is 0.311 e. The number of aromatic nitrogens is 1. The Morgan fingerprint density at radius 2 is 2.16 bits per heavy atom. The number of ether oxygens (including phenoxy) is 2. The topological polar surface area (TPSA) is 48.4 Å². The molecule has 0 aromatic carbocycles. The van der Waals surface area contributed by atoms with Gasteiger partial charge in [0.25, 0.3) is 0 Å². The quantitative estimate of drug-likeness (QED) is 0.779.